The predicted octanol–water partition coefficient (Wildman–Crippen LogP) is 5.46. The zero-order valence-corrected chi connectivity index (χ0v) is 16.2. The second kappa shape index (κ2) is 9.58. The van der Waals surface area contributed by atoms with E-state index in [4.69, 9.17) is 0 Å². The number of ketones is 1. The Hall–Kier alpha value is -2.56. The maximum atomic E-state index is 14.3. The molecule has 0 fully saturated rings. The van der Waals surface area contributed by atoms with Crippen LogP contribution in [0.3, 0.4) is 0 Å². The van der Waals surface area contributed by atoms with Gasteiger partial charge in [0.1, 0.15) is 17.3 Å². The normalized spacial score (nSPS) is 16.3. The summed E-state index contributed by atoms with van der Waals surface area (Å²) in [5, 5.41) is 6.41. The van der Waals surface area contributed by atoms with Crippen molar-refractivity contribution in [2.45, 2.75) is 51.5 Å². The smallest absolute Gasteiger partial charge is 0.179 e. The quantitative estimate of drug-likeness (QED) is 0.538. The zero-order chi connectivity index (χ0) is 19.9. The van der Waals surface area contributed by atoms with Gasteiger partial charge >= 0.3 is 0 Å². The maximum absolute atomic E-state index is 14.3. The molecule has 0 bridgehead atoms. The number of carbonyl (C=O) groups excluding carboxylic acids is 1. The highest BCUT2D eigenvalue weighted by molar-refractivity contribution is 6.40. The summed E-state index contributed by atoms with van der Waals surface area (Å²) in [7, 11) is 0. The molecular weight excluding hydrogens is 358 g/mol. The SMILES string of the molecule is CCCCCN1N=C(C(=O)CCc2cccc(F)c2)CC1c1ccccc1F. The third kappa shape index (κ3) is 5.03. The molecule has 0 radical (unpaired) electrons. The summed E-state index contributed by atoms with van der Waals surface area (Å²) in [4.78, 5) is 12.7. The summed E-state index contributed by atoms with van der Waals surface area (Å²) in [5.74, 6) is -0.620. The summed E-state index contributed by atoms with van der Waals surface area (Å²) in [5.41, 5.74) is 1.86. The molecule has 1 unspecified atom stereocenters. The monoisotopic (exact) mass is 384 g/mol. The first-order valence-electron chi connectivity index (χ1n) is 9.94. The number of unbranched alkanes of at least 4 members (excludes halogenated alkanes) is 2. The minimum atomic E-state index is -0.301. The van der Waals surface area contributed by atoms with E-state index in [1.807, 2.05) is 17.1 Å². The molecule has 28 heavy (non-hydrogen) atoms. The number of hydrazone groups is 1. The van der Waals surface area contributed by atoms with Gasteiger partial charge in [0.25, 0.3) is 0 Å². The predicted molar refractivity (Wildman–Crippen MR) is 107 cm³/mol. The summed E-state index contributed by atoms with van der Waals surface area (Å²) in [6, 6.07) is 12.7. The summed E-state index contributed by atoms with van der Waals surface area (Å²) >= 11 is 0. The van der Waals surface area contributed by atoms with Crippen LogP contribution in [0.5, 0.6) is 0 Å². The minimum Gasteiger partial charge on any atom is -0.293 e. The van der Waals surface area contributed by atoms with E-state index in [1.54, 1.807) is 18.2 Å². The molecule has 1 heterocycles. The number of hydrogen-bond acceptors (Lipinski definition) is 3. The Morgan fingerprint density at radius 3 is 2.71 bits per heavy atom. The van der Waals surface area contributed by atoms with E-state index in [2.05, 4.69) is 12.0 Å². The van der Waals surface area contributed by atoms with Crippen molar-refractivity contribution in [2.75, 3.05) is 6.54 Å². The Labute approximate surface area is 165 Å². The van der Waals surface area contributed by atoms with Gasteiger partial charge in [-0.2, -0.15) is 5.10 Å². The summed E-state index contributed by atoms with van der Waals surface area (Å²) in [6.07, 6.45) is 4.26. The molecule has 3 nitrogen and oxygen atoms in total. The van der Waals surface area contributed by atoms with Crippen LogP contribution in [-0.4, -0.2) is 23.0 Å². The second-order valence-electron chi connectivity index (χ2n) is 7.21. The van der Waals surface area contributed by atoms with Gasteiger partial charge in [-0.15, -0.1) is 0 Å². The van der Waals surface area contributed by atoms with E-state index in [0.717, 1.165) is 24.8 Å². The van der Waals surface area contributed by atoms with Crippen molar-refractivity contribution >= 4 is 11.5 Å². The highest BCUT2D eigenvalue weighted by Crippen LogP contribution is 2.33. The molecule has 2 aromatic carbocycles. The molecular formula is C23H26F2N2O. The molecule has 0 saturated carbocycles. The highest BCUT2D eigenvalue weighted by Gasteiger charge is 2.32. The number of hydrogen-bond donors (Lipinski definition) is 0. The lowest BCUT2D eigenvalue weighted by atomic mass is 9.97. The number of Topliss-reactive ketones (excluding diaryl/α,β-unsaturated/α-hetero) is 1. The van der Waals surface area contributed by atoms with E-state index in [9.17, 15) is 13.6 Å². The van der Waals surface area contributed by atoms with Crippen LogP contribution in [0.1, 0.15) is 56.2 Å². The average Bonchev–Trinajstić information content (AvgIpc) is 3.11. The molecule has 0 spiro atoms. The van der Waals surface area contributed by atoms with E-state index in [1.165, 1.54) is 18.2 Å². The number of benzene rings is 2. The number of aryl methyl sites for hydroxylation is 1. The van der Waals surface area contributed by atoms with E-state index in [-0.39, 0.29) is 29.9 Å². The number of nitrogens with zero attached hydrogens (tertiary/aromatic N) is 2. The Balaban J connectivity index is 1.70. The largest absolute Gasteiger partial charge is 0.293 e. The van der Waals surface area contributed by atoms with E-state index < -0.39 is 0 Å². The van der Waals surface area contributed by atoms with Gasteiger partial charge in [0.05, 0.1) is 6.04 Å². The number of halogens is 2. The fraction of sp³-hybridized carbons (Fsp3) is 0.391. The molecule has 2 aromatic rings. The number of carbonyl (C=O) groups is 1. The lowest BCUT2D eigenvalue weighted by Crippen LogP contribution is -2.21. The van der Waals surface area contributed by atoms with Gasteiger partial charge in [-0.3, -0.25) is 9.80 Å². The van der Waals surface area contributed by atoms with Crippen molar-refractivity contribution in [2.24, 2.45) is 5.10 Å². The van der Waals surface area contributed by atoms with Gasteiger partial charge in [0, 0.05) is 24.9 Å². The van der Waals surface area contributed by atoms with Crippen molar-refractivity contribution in [3.8, 4) is 0 Å². The van der Waals surface area contributed by atoms with Crippen molar-refractivity contribution < 1.29 is 13.6 Å². The lowest BCUT2D eigenvalue weighted by Gasteiger charge is -2.24. The highest BCUT2D eigenvalue weighted by atomic mass is 19.1. The van der Waals surface area contributed by atoms with Crippen LogP contribution < -0.4 is 0 Å². The molecule has 1 aliphatic heterocycles. The van der Waals surface area contributed by atoms with Gasteiger partial charge < -0.3 is 0 Å². The van der Waals surface area contributed by atoms with E-state index >= 15 is 0 Å². The van der Waals surface area contributed by atoms with Gasteiger partial charge in [0.2, 0.25) is 0 Å². The summed E-state index contributed by atoms with van der Waals surface area (Å²) in [6.45, 7) is 2.83. The molecule has 0 saturated heterocycles. The van der Waals surface area contributed by atoms with Crippen LogP contribution in [0.2, 0.25) is 0 Å². The Bertz CT molecular complexity index is 850. The first-order valence-corrected chi connectivity index (χ1v) is 9.94. The maximum Gasteiger partial charge on any atom is 0.179 e. The molecule has 5 heteroatoms. The Kier molecular flexibility index (Phi) is 6.90. The van der Waals surface area contributed by atoms with Gasteiger partial charge in [-0.05, 0) is 36.6 Å². The molecule has 0 aliphatic carbocycles. The molecule has 1 atom stereocenters. The van der Waals surface area contributed by atoms with Gasteiger partial charge in [0.15, 0.2) is 5.78 Å². The third-order valence-corrected chi connectivity index (χ3v) is 5.10. The second-order valence-corrected chi connectivity index (χ2v) is 7.21. The zero-order valence-electron chi connectivity index (χ0n) is 16.2. The van der Waals surface area contributed by atoms with Gasteiger partial charge in [-0.25, -0.2) is 8.78 Å². The van der Waals surface area contributed by atoms with Crippen molar-refractivity contribution in [3.05, 3.63) is 71.3 Å². The minimum absolute atomic E-state index is 0.0522. The lowest BCUT2D eigenvalue weighted by molar-refractivity contribution is -0.113. The fourth-order valence-electron chi connectivity index (χ4n) is 3.56. The van der Waals surface area contributed by atoms with Crippen LogP contribution in [-0.2, 0) is 11.2 Å². The first-order chi connectivity index (χ1) is 13.6. The molecule has 0 amide bonds. The molecule has 3 rings (SSSR count). The van der Waals surface area contributed by atoms with Crippen LogP contribution in [0.4, 0.5) is 8.78 Å². The summed E-state index contributed by atoms with van der Waals surface area (Å²) < 4.78 is 27.7. The standard InChI is InChI=1S/C23H26F2N2O/c1-2-3-6-14-27-22(19-10-4-5-11-20(19)25)16-21(26-27)23(28)13-12-17-8-7-9-18(24)15-17/h4-5,7-11,15,22H,2-3,6,12-14,16H2,1H3. The Morgan fingerprint density at radius 2 is 1.96 bits per heavy atom. The first kappa shape index (κ1) is 20.2. The fourth-order valence-corrected chi connectivity index (χ4v) is 3.56. The van der Waals surface area contributed by atoms with Gasteiger partial charge in [-0.1, -0.05) is 50.1 Å². The van der Waals surface area contributed by atoms with Crippen molar-refractivity contribution in [3.63, 3.8) is 0 Å². The van der Waals surface area contributed by atoms with E-state index in [0.29, 0.717) is 30.7 Å². The average molecular weight is 384 g/mol. The van der Waals surface area contributed by atoms with Crippen molar-refractivity contribution in [1.82, 2.24) is 5.01 Å². The topological polar surface area (TPSA) is 32.7 Å². The number of rotatable bonds is 9. The molecule has 0 N–H and O–H groups in total. The van der Waals surface area contributed by atoms with Crippen LogP contribution >= 0.6 is 0 Å². The van der Waals surface area contributed by atoms with Crippen LogP contribution in [0, 0.1) is 11.6 Å². The molecule has 1 aliphatic rings. The van der Waals surface area contributed by atoms with Crippen LogP contribution in [0.25, 0.3) is 0 Å². The van der Waals surface area contributed by atoms with Crippen LogP contribution in [0.15, 0.2) is 53.6 Å². The molecule has 0 aromatic heterocycles. The Morgan fingerprint density at radius 1 is 1.14 bits per heavy atom. The third-order valence-electron chi connectivity index (χ3n) is 5.10. The molecule has 148 valence electrons. The van der Waals surface area contributed by atoms with Crippen molar-refractivity contribution in [1.29, 1.82) is 0 Å².